The van der Waals surface area contributed by atoms with E-state index in [1.165, 1.54) is 0 Å². The summed E-state index contributed by atoms with van der Waals surface area (Å²) in [6, 6.07) is 0.351. The van der Waals surface area contributed by atoms with E-state index in [0.717, 1.165) is 19.3 Å². The largest absolute Gasteiger partial charge is 0.481 e. The van der Waals surface area contributed by atoms with Crippen LogP contribution in [0.2, 0.25) is 6.32 Å². The van der Waals surface area contributed by atoms with Crippen molar-refractivity contribution < 1.29 is 19.9 Å². The molecule has 0 saturated heterocycles. The number of carboxylic acids is 1. The predicted molar refractivity (Wildman–Crippen MR) is 70.2 cm³/mol. The first-order chi connectivity index (χ1) is 8.37. The summed E-state index contributed by atoms with van der Waals surface area (Å²) in [5.41, 5.74) is -0.602. The monoisotopic (exact) mass is 257 g/mol. The molecule has 18 heavy (non-hydrogen) atoms. The van der Waals surface area contributed by atoms with Crippen molar-refractivity contribution in [3.8, 4) is 0 Å². The van der Waals surface area contributed by atoms with Gasteiger partial charge in [0.25, 0.3) is 0 Å². The molecule has 2 atom stereocenters. The van der Waals surface area contributed by atoms with Gasteiger partial charge in [-0.1, -0.05) is 12.8 Å². The van der Waals surface area contributed by atoms with Gasteiger partial charge < -0.3 is 20.1 Å². The summed E-state index contributed by atoms with van der Waals surface area (Å²) < 4.78 is 0. The van der Waals surface area contributed by atoms with Crippen molar-refractivity contribution in [2.75, 3.05) is 14.1 Å². The second-order valence-electron chi connectivity index (χ2n) is 5.67. The van der Waals surface area contributed by atoms with Crippen LogP contribution in [0, 0.1) is 5.41 Å². The van der Waals surface area contributed by atoms with Crippen LogP contribution in [0.5, 0.6) is 0 Å². The molecule has 1 aliphatic rings. The zero-order chi connectivity index (χ0) is 13.8. The Morgan fingerprint density at radius 3 is 2.50 bits per heavy atom. The lowest BCUT2D eigenvalue weighted by molar-refractivity contribution is -0.149. The van der Waals surface area contributed by atoms with Gasteiger partial charge in [0.2, 0.25) is 0 Å². The topological polar surface area (TPSA) is 81.0 Å². The Kier molecular flexibility index (Phi) is 5.62. The molecular formula is C12H24BNO4. The van der Waals surface area contributed by atoms with Gasteiger partial charge in [0.1, 0.15) is 0 Å². The molecule has 3 N–H and O–H groups in total. The van der Waals surface area contributed by atoms with E-state index in [4.69, 9.17) is 10.0 Å². The molecule has 1 aliphatic carbocycles. The van der Waals surface area contributed by atoms with Gasteiger partial charge in [-0.15, -0.1) is 0 Å². The van der Waals surface area contributed by atoms with Crippen LogP contribution < -0.4 is 0 Å². The molecule has 0 amide bonds. The number of hydrogen-bond donors (Lipinski definition) is 3. The third kappa shape index (κ3) is 3.97. The van der Waals surface area contributed by atoms with E-state index in [-0.39, 0.29) is 0 Å². The number of carboxylic acid groups (broad SMARTS) is 1. The highest BCUT2D eigenvalue weighted by atomic mass is 16.4. The standard InChI is InChI=1S/C12H24BNO4/c1-14(2)10-5-7-12(9-10,11(15)16)6-3-4-8-13(17)18/h10,17-18H,3-9H2,1-2H3,(H,15,16)/t10-,12-/m0/s1. The fourth-order valence-electron chi connectivity index (χ4n) is 2.86. The number of rotatable bonds is 7. The van der Waals surface area contributed by atoms with E-state index in [1.807, 2.05) is 14.1 Å². The summed E-state index contributed by atoms with van der Waals surface area (Å²) >= 11 is 0. The van der Waals surface area contributed by atoms with Crippen molar-refractivity contribution in [3.05, 3.63) is 0 Å². The average molecular weight is 257 g/mol. The van der Waals surface area contributed by atoms with Gasteiger partial charge in [-0.05, 0) is 46.1 Å². The summed E-state index contributed by atoms with van der Waals surface area (Å²) in [6.07, 6.45) is 4.74. The Morgan fingerprint density at radius 2 is 2.06 bits per heavy atom. The smallest absolute Gasteiger partial charge is 0.451 e. The minimum Gasteiger partial charge on any atom is -0.481 e. The zero-order valence-corrected chi connectivity index (χ0v) is 11.3. The number of nitrogens with zero attached hydrogens (tertiary/aromatic N) is 1. The lowest BCUT2D eigenvalue weighted by Crippen LogP contribution is -2.32. The predicted octanol–water partition coefficient (Wildman–Crippen LogP) is 0.815. The first kappa shape index (κ1) is 15.5. The molecule has 5 nitrogen and oxygen atoms in total. The Morgan fingerprint density at radius 1 is 1.39 bits per heavy atom. The molecule has 0 bridgehead atoms. The van der Waals surface area contributed by atoms with Crippen molar-refractivity contribution >= 4 is 13.1 Å². The maximum absolute atomic E-state index is 11.5. The third-order valence-electron chi connectivity index (χ3n) is 4.13. The van der Waals surface area contributed by atoms with Crippen LogP contribution in [-0.2, 0) is 4.79 Å². The van der Waals surface area contributed by atoms with Crippen LogP contribution in [0.4, 0.5) is 0 Å². The molecule has 1 saturated carbocycles. The fraction of sp³-hybridized carbons (Fsp3) is 0.917. The highest BCUT2D eigenvalue weighted by Gasteiger charge is 2.45. The van der Waals surface area contributed by atoms with E-state index in [9.17, 15) is 9.90 Å². The molecule has 0 radical (unpaired) electrons. The quantitative estimate of drug-likeness (QED) is 0.464. The highest BCUT2D eigenvalue weighted by molar-refractivity contribution is 6.40. The van der Waals surface area contributed by atoms with Crippen LogP contribution in [-0.4, -0.2) is 53.3 Å². The molecule has 1 rings (SSSR count). The summed E-state index contributed by atoms with van der Waals surface area (Å²) in [4.78, 5) is 13.6. The van der Waals surface area contributed by atoms with Crippen molar-refractivity contribution in [1.29, 1.82) is 0 Å². The maximum atomic E-state index is 11.5. The van der Waals surface area contributed by atoms with Crippen molar-refractivity contribution in [2.24, 2.45) is 5.41 Å². The summed E-state index contributed by atoms with van der Waals surface area (Å²) in [5, 5.41) is 27.0. The molecular weight excluding hydrogens is 233 g/mol. The molecule has 0 aromatic heterocycles. The molecule has 0 heterocycles. The van der Waals surface area contributed by atoms with Crippen LogP contribution in [0.15, 0.2) is 0 Å². The zero-order valence-electron chi connectivity index (χ0n) is 11.3. The molecule has 0 aromatic rings. The van der Waals surface area contributed by atoms with Gasteiger partial charge in [-0.25, -0.2) is 0 Å². The van der Waals surface area contributed by atoms with Crippen LogP contribution >= 0.6 is 0 Å². The van der Waals surface area contributed by atoms with E-state index in [0.29, 0.717) is 31.6 Å². The number of carbonyl (C=O) groups is 1. The van der Waals surface area contributed by atoms with Crippen LogP contribution in [0.25, 0.3) is 0 Å². The first-order valence-corrected chi connectivity index (χ1v) is 6.63. The van der Waals surface area contributed by atoms with Crippen molar-refractivity contribution in [1.82, 2.24) is 4.90 Å². The van der Waals surface area contributed by atoms with Crippen LogP contribution in [0.1, 0.15) is 38.5 Å². The second-order valence-corrected chi connectivity index (χ2v) is 5.67. The van der Waals surface area contributed by atoms with Gasteiger partial charge in [0.05, 0.1) is 5.41 Å². The molecule has 0 aromatic carbocycles. The third-order valence-corrected chi connectivity index (χ3v) is 4.13. The fourth-order valence-corrected chi connectivity index (χ4v) is 2.86. The van der Waals surface area contributed by atoms with Gasteiger partial charge in [-0.3, -0.25) is 4.79 Å². The van der Waals surface area contributed by atoms with Gasteiger partial charge >= 0.3 is 13.1 Å². The summed E-state index contributed by atoms with van der Waals surface area (Å²) in [5.74, 6) is -0.698. The molecule has 0 spiro atoms. The summed E-state index contributed by atoms with van der Waals surface area (Å²) in [7, 11) is 2.71. The molecule has 0 unspecified atom stereocenters. The minimum atomic E-state index is -1.27. The van der Waals surface area contributed by atoms with Gasteiger partial charge in [-0.2, -0.15) is 0 Å². The Balaban J connectivity index is 2.48. The van der Waals surface area contributed by atoms with Gasteiger partial charge in [0.15, 0.2) is 0 Å². The van der Waals surface area contributed by atoms with E-state index in [2.05, 4.69) is 4.90 Å². The average Bonchev–Trinajstić information content (AvgIpc) is 2.70. The first-order valence-electron chi connectivity index (χ1n) is 6.63. The van der Waals surface area contributed by atoms with E-state index >= 15 is 0 Å². The van der Waals surface area contributed by atoms with Gasteiger partial charge in [0, 0.05) is 6.04 Å². The SMILES string of the molecule is CN(C)[C@H]1CC[C@](CCCCB(O)O)(C(=O)O)C1. The van der Waals surface area contributed by atoms with Crippen LogP contribution in [0.3, 0.4) is 0 Å². The maximum Gasteiger partial charge on any atom is 0.451 e. The molecule has 0 aliphatic heterocycles. The van der Waals surface area contributed by atoms with E-state index in [1.54, 1.807) is 0 Å². The lowest BCUT2D eigenvalue weighted by atomic mass is 9.78. The Hall–Kier alpha value is -0.585. The molecule has 1 fully saturated rings. The highest BCUT2D eigenvalue weighted by Crippen LogP contribution is 2.44. The summed E-state index contributed by atoms with van der Waals surface area (Å²) in [6.45, 7) is 0. The lowest BCUT2D eigenvalue weighted by Gasteiger charge is -2.26. The molecule has 104 valence electrons. The second kappa shape index (κ2) is 6.54. The Bertz CT molecular complexity index is 285. The van der Waals surface area contributed by atoms with E-state index < -0.39 is 18.5 Å². The normalized spacial score (nSPS) is 27.7. The number of unbranched alkanes of at least 4 members (excludes halogenated alkanes) is 1. The number of aliphatic carboxylic acids is 1. The van der Waals surface area contributed by atoms with Crippen molar-refractivity contribution in [2.45, 2.75) is 50.9 Å². The minimum absolute atomic E-state index is 0.326. The number of hydrogen-bond acceptors (Lipinski definition) is 4. The molecule has 6 heteroatoms. The van der Waals surface area contributed by atoms with Crippen molar-refractivity contribution in [3.63, 3.8) is 0 Å². The Labute approximate surface area is 109 Å².